The van der Waals surface area contributed by atoms with Gasteiger partial charge in [-0.25, -0.2) is 4.68 Å². The number of carbonyl (C=O) groups is 1. The van der Waals surface area contributed by atoms with Crippen LogP contribution in [0.5, 0.6) is 5.75 Å². The molecule has 0 radical (unpaired) electrons. The second-order valence-electron chi connectivity index (χ2n) is 5.89. The van der Waals surface area contributed by atoms with E-state index in [1.807, 2.05) is 17.5 Å². The first kappa shape index (κ1) is 20.6. The molecule has 0 atom stereocenters. The van der Waals surface area contributed by atoms with Crippen molar-refractivity contribution in [2.75, 3.05) is 13.2 Å². The van der Waals surface area contributed by atoms with E-state index in [0.29, 0.717) is 5.69 Å². The summed E-state index contributed by atoms with van der Waals surface area (Å²) in [6, 6.07) is 11.4. The second-order valence-corrected chi connectivity index (χ2v) is 6.84. The molecule has 1 N–H and O–H groups in total. The number of aromatic nitrogens is 2. The summed E-state index contributed by atoms with van der Waals surface area (Å²) in [6.07, 6.45) is -4.58. The van der Waals surface area contributed by atoms with Crippen molar-refractivity contribution in [1.29, 1.82) is 0 Å². The lowest BCUT2D eigenvalue weighted by molar-refractivity contribution is -0.139. The Kier molecular flexibility index (Phi) is 6.32. The van der Waals surface area contributed by atoms with Gasteiger partial charge in [0.05, 0.1) is 17.0 Å². The molecule has 3 rings (SSSR count). The zero-order valence-electron chi connectivity index (χ0n) is 15.0. The Hall–Kier alpha value is -3.14. The fraction of sp³-hybridized carbons (Fsp3) is 0.211. The summed E-state index contributed by atoms with van der Waals surface area (Å²) in [5.41, 5.74) is -0.637. The SMILES string of the molecule is O=C(COc1ccccc1C(F)(F)F)NCCn1nc(-c2cccs2)ccc1=O. The van der Waals surface area contributed by atoms with Crippen molar-refractivity contribution in [1.82, 2.24) is 15.1 Å². The smallest absolute Gasteiger partial charge is 0.419 e. The topological polar surface area (TPSA) is 73.2 Å². The van der Waals surface area contributed by atoms with Crippen LogP contribution in [0.25, 0.3) is 10.6 Å². The zero-order chi connectivity index (χ0) is 20.9. The highest BCUT2D eigenvalue weighted by Crippen LogP contribution is 2.35. The molecule has 0 aliphatic carbocycles. The Morgan fingerprint density at radius 2 is 1.93 bits per heavy atom. The maximum atomic E-state index is 12.9. The van der Waals surface area contributed by atoms with Gasteiger partial charge in [-0.15, -0.1) is 11.3 Å². The Morgan fingerprint density at radius 3 is 2.66 bits per heavy atom. The predicted octanol–water partition coefficient (Wildman–Crippen LogP) is 3.19. The molecule has 6 nitrogen and oxygen atoms in total. The van der Waals surface area contributed by atoms with Crippen molar-refractivity contribution in [2.24, 2.45) is 0 Å². The molecular formula is C19H16F3N3O3S. The molecule has 0 unspecified atom stereocenters. The first-order valence-corrected chi connectivity index (χ1v) is 9.40. The van der Waals surface area contributed by atoms with Crippen LogP contribution in [0.15, 0.2) is 58.7 Å². The van der Waals surface area contributed by atoms with Crippen LogP contribution in [0.4, 0.5) is 13.2 Å². The molecule has 1 aromatic carbocycles. The number of carbonyl (C=O) groups excluding carboxylic acids is 1. The largest absolute Gasteiger partial charge is 0.483 e. The number of rotatable bonds is 7. The van der Waals surface area contributed by atoms with E-state index in [2.05, 4.69) is 10.4 Å². The minimum absolute atomic E-state index is 0.0733. The van der Waals surface area contributed by atoms with Crippen molar-refractivity contribution in [2.45, 2.75) is 12.7 Å². The number of hydrogen-bond acceptors (Lipinski definition) is 5. The average Bonchev–Trinajstić information content (AvgIpc) is 3.22. The van der Waals surface area contributed by atoms with E-state index >= 15 is 0 Å². The minimum Gasteiger partial charge on any atom is -0.483 e. The van der Waals surface area contributed by atoms with Crippen LogP contribution in [0.2, 0.25) is 0 Å². The molecule has 2 aromatic heterocycles. The van der Waals surface area contributed by atoms with Gasteiger partial charge in [-0.05, 0) is 29.6 Å². The molecule has 2 heterocycles. The van der Waals surface area contributed by atoms with E-state index in [9.17, 15) is 22.8 Å². The Balaban J connectivity index is 1.54. The Labute approximate surface area is 167 Å². The number of para-hydroxylation sites is 1. The molecule has 0 saturated carbocycles. The Morgan fingerprint density at radius 1 is 1.14 bits per heavy atom. The summed E-state index contributed by atoms with van der Waals surface area (Å²) in [6.45, 7) is -0.391. The summed E-state index contributed by atoms with van der Waals surface area (Å²) in [5, 5.41) is 8.64. The molecular weight excluding hydrogens is 407 g/mol. The number of amides is 1. The molecule has 0 aliphatic rings. The van der Waals surface area contributed by atoms with Crippen LogP contribution in [0.3, 0.4) is 0 Å². The minimum atomic E-state index is -4.58. The second kappa shape index (κ2) is 8.91. The average molecular weight is 423 g/mol. The van der Waals surface area contributed by atoms with Crippen molar-refractivity contribution < 1.29 is 22.7 Å². The number of halogens is 3. The fourth-order valence-electron chi connectivity index (χ4n) is 2.49. The molecule has 10 heteroatoms. The number of benzene rings is 1. The zero-order valence-corrected chi connectivity index (χ0v) is 15.8. The highest BCUT2D eigenvalue weighted by Gasteiger charge is 2.34. The quantitative estimate of drug-likeness (QED) is 0.634. The summed E-state index contributed by atoms with van der Waals surface area (Å²) in [5.74, 6) is -1.03. The molecule has 3 aromatic rings. The third-order valence-corrected chi connectivity index (χ3v) is 4.73. The van der Waals surface area contributed by atoms with Gasteiger partial charge in [-0.3, -0.25) is 9.59 Å². The fourth-order valence-corrected chi connectivity index (χ4v) is 3.18. The van der Waals surface area contributed by atoms with E-state index in [1.54, 1.807) is 6.07 Å². The lowest BCUT2D eigenvalue weighted by Crippen LogP contribution is -2.34. The summed E-state index contributed by atoms with van der Waals surface area (Å²) < 4.78 is 45.0. The van der Waals surface area contributed by atoms with Gasteiger partial charge in [0, 0.05) is 12.6 Å². The monoisotopic (exact) mass is 423 g/mol. The third kappa shape index (κ3) is 5.44. The maximum Gasteiger partial charge on any atom is 0.419 e. The van der Waals surface area contributed by atoms with Gasteiger partial charge in [0.25, 0.3) is 11.5 Å². The lowest BCUT2D eigenvalue weighted by Gasteiger charge is -2.13. The predicted molar refractivity (Wildman–Crippen MR) is 102 cm³/mol. The van der Waals surface area contributed by atoms with Crippen LogP contribution >= 0.6 is 11.3 Å². The molecule has 29 heavy (non-hydrogen) atoms. The summed E-state index contributed by atoms with van der Waals surface area (Å²) in [7, 11) is 0. The van der Waals surface area contributed by atoms with E-state index < -0.39 is 30.0 Å². The number of thiophene rings is 1. The van der Waals surface area contributed by atoms with Crippen LogP contribution in [0, 0.1) is 0 Å². The molecule has 0 bridgehead atoms. The van der Waals surface area contributed by atoms with Crippen molar-refractivity contribution in [3.05, 3.63) is 69.8 Å². The first-order valence-electron chi connectivity index (χ1n) is 8.52. The van der Waals surface area contributed by atoms with Gasteiger partial charge in [0.15, 0.2) is 6.61 Å². The standard InChI is InChI=1S/C19H16F3N3O3S/c20-19(21,22)13-4-1-2-5-15(13)28-12-17(26)23-9-10-25-18(27)8-7-14(24-25)16-6-3-11-29-16/h1-8,11H,9-10,12H2,(H,23,26). The van der Waals surface area contributed by atoms with E-state index in [-0.39, 0.29) is 18.6 Å². The van der Waals surface area contributed by atoms with E-state index in [0.717, 1.165) is 17.0 Å². The van der Waals surface area contributed by atoms with Crippen LogP contribution in [-0.2, 0) is 17.5 Å². The third-order valence-electron chi connectivity index (χ3n) is 3.84. The number of nitrogens with one attached hydrogen (secondary N) is 1. The van der Waals surface area contributed by atoms with Gasteiger partial charge in [0.1, 0.15) is 11.4 Å². The van der Waals surface area contributed by atoms with Crippen molar-refractivity contribution in [3.8, 4) is 16.3 Å². The lowest BCUT2D eigenvalue weighted by atomic mass is 10.2. The normalized spacial score (nSPS) is 11.3. The Bertz CT molecular complexity index is 1030. The van der Waals surface area contributed by atoms with Gasteiger partial charge in [0.2, 0.25) is 0 Å². The van der Waals surface area contributed by atoms with Gasteiger partial charge in [-0.2, -0.15) is 18.3 Å². The van der Waals surface area contributed by atoms with E-state index in [4.69, 9.17) is 4.74 Å². The molecule has 0 saturated heterocycles. The van der Waals surface area contributed by atoms with Gasteiger partial charge in [-0.1, -0.05) is 18.2 Å². The molecule has 0 spiro atoms. The molecule has 0 fully saturated rings. The molecule has 1 amide bonds. The summed E-state index contributed by atoms with van der Waals surface area (Å²) in [4.78, 5) is 24.7. The number of nitrogens with zero attached hydrogens (tertiary/aromatic N) is 2. The number of ether oxygens (including phenoxy) is 1. The van der Waals surface area contributed by atoms with Crippen molar-refractivity contribution in [3.63, 3.8) is 0 Å². The molecule has 0 aliphatic heterocycles. The van der Waals surface area contributed by atoms with Crippen LogP contribution in [-0.4, -0.2) is 28.8 Å². The summed E-state index contributed by atoms with van der Waals surface area (Å²) >= 11 is 1.48. The number of alkyl halides is 3. The van der Waals surface area contributed by atoms with Crippen LogP contribution < -0.4 is 15.6 Å². The van der Waals surface area contributed by atoms with Crippen LogP contribution in [0.1, 0.15) is 5.56 Å². The molecule has 152 valence electrons. The highest BCUT2D eigenvalue weighted by molar-refractivity contribution is 7.13. The first-order chi connectivity index (χ1) is 13.8. The maximum absolute atomic E-state index is 12.9. The van der Waals surface area contributed by atoms with Crippen molar-refractivity contribution >= 4 is 17.2 Å². The van der Waals surface area contributed by atoms with E-state index in [1.165, 1.54) is 34.2 Å². The van der Waals surface area contributed by atoms with Gasteiger partial charge >= 0.3 is 6.18 Å². The van der Waals surface area contributed by atoms with Gasteiger partial charge < -0.3 is 10.1 Å². The highest BCUT2D eigenvalue weighted by atomic mass is 32.1. The number of hydrogen-bond donors (Lipinski definition) is 1.